The van der Waals surface area contributed by atoms with Crippen molar-refractivity contribution in [1.29, 1.82) is 0 Å². The van der Waals surface area contributed by atoms with Crippen LogP contribution in [0.5, 0.6) is 0 Å². The van der Waals surface area contributed by atoms with Gasteiger partial charge in [0, 0.05) is 44.0 Å². The Kier molecular flexibility index (Phi) is 6.88. The van der Waals surface area contributed by atoms with Crippen LogP contribution in [-0.4, -0.2) is 40.9 Å². The van der Waals surface area contributed by atoms with Gasteiger partial charge in [-0.1, -0.05) is 49.2 Å². The van der Waals surface area contributed by atoms with Crippen LogP contribution in [0.2, 0.25) is 0 Å². The second-order valence-corrected chi connectivity index (χ2v) is 8.80. The van der Waals surface area contributed by atoms with Crippen LogP contribution in [-0.2, 0) is 0 Å². The van der Waals surface area contributed by atoms with Crippen LogP contribution in [0.15, 0.2) is 60.2 Å². The van der Waals surface area contributed by atoms with Crippen LogP contribution in [0.25, 0.3) is 0 Å². The molecule has 2 amide bonds. The topological polar surface area (TPSA) is 71.4 Å². The van der Waals surface area contributed by atoms with Gasteiger partial charge in [-0.25, -0.2) is 0 Å². The van der Waals surface area contributed by atoms with Gasteiger partial charge in [-0.2, -0.15) is 0 Å². The molecule has 0 bridgehead atoms. The van der Waals surface area contributed by atoms with Crippen molar-refractivity contribution >= 4 is 11.8 Å². The maximum Gasteiger partial charge on any atom is 0.259 e. The molecule has 2 fully saturated rings. The standard InChI is InChI=1S/C26H31N3O3/c1-2-14-27-25(31)22-17-29(21-12-6-7-13-21)18-23(24(22)30)26(32)28-15-8-11-20(16-28)19-9-4-3-5-10-19/h2-5,9-10,17-18,20-21H,1,6-8,11-16H2,(H,27,31). The quantitative estimate of drug-likeness (QED) is 0.703. The Bertz CT molecular complexity index is 1040. The number of carbonyl (C=O) groups is 2. The molecule has 2 aromatic rings. The molecule has 0 radical (unpaired) electrons. The lowest BCUT2D eigenvalue weighted by atomic mass is 9.90. The highest BCUT2D eigenvalue weighted by molar-refractivity contribution is 5.99. The average Bonchev–Trinajstić information content (AvgIpc) is 3.38. The summed E-state index contributed by atoms with van der Waals surface area (Å²) in [7, 11) is 0. The molecular formula is C26H31N3O3. The first-order valence-electron chi connectivity index (χ1n) is 11.6. The molecule has 1 aromatic heterocycles. The zero-order valence-electron chi connectivity index (χ0n) is 18.5. The number of pyridine rings is 1. The lowest BCUT2D eigenvalue weighted by molar-refractivity contribution is 0.0704. The number of nitrogens with zero attached hydrogens (tertiary/aromatic N) is 2. The lowest BCUT2D eigenvalue weighted by Crippen LogP contribution is -2.42. The molecule has 168 valence electrons. The van der Waals surface area contributed by atoms with Gasteiger partial charge in [0.05, 0.1) is 0 Å². The maximum atomic E-state index is 13.5. The molecule has 6 nitrogen and oxygen atoms in total. The molecule has 0 spiro atoms. The minimum Gasteiger partial charge on any atom is -0.349 e. The molecule has 32 heavy (non-hydrogen) atoms. The molecule has 1 aliphatic carbocycles. The fourth-order valence-electron chi connectivity index (χ4n) is 4.91. The van der Waals surface area contributed by atoms with Crippen molar-refractivity contribution in [1.82, 2.24) is 14.8 Å². The molecule has 1 saturated heterocycles. The number of amides is 2. The fourth-order valence-corrected chi connectivity index (χ4v) is 4.91. The number of aromatic nitrogens is 1. The number of hydrogen-bond acceptors (Lipinski definition) is 3. The summed E-state index contributed by atoms with van der Waals surface area (Å²) in [5.74, 6) is -0.483. The van der Waals surface area contributed by atoms with Crippen molar-refractivity contribution in [2.45, 2.75) is 50.5 Å². The van der Waals surface area contributed by atoms with Crippen LogP contribution in [0.1, 0.15) is 76.8 Å². The number of carbonyl (C=O) groups excluding carboxylic acids is 2. The van der Waals surface area contributed by atoms with E-state index in [1.807, 2.05) is 22.8 Å². The van der Waals surface area contributed by atoms with E-state index in [9.17, 15) is 14.4 Å². The summed E-state index contributed by atoms with van der Waals surface area (Å²) in [4.78, 5) is 41.2. The molecule has 2 heterocycles. The highest BCUT2D eigenvalue weighted by Gasteiger charge is 2.29. The van der Waals surface area contributed by atoms with Crippen LogP contribution >= 0.6 is 0 Å². The highest BCUT2D eigenvalue weighted by atomic mass is 16.2. The normalized spacial score (nSPS) is 19.0. The molecule has 4 rings (SSSR count). The van der Waals surface area contributed by atoms with Crippen LogP contribution in [0.3, 0.4) is 0 Å². The molecule has 1 atom stereocenters. The van der Waals surface area contributed by atoms with Gasteiger partial charge >= 0.3 is 0 Å². The monoisotopic (exact) mass is 433 g/mol. The Balaban J connectivity index is 1.65. The summed E-state index contributed by atoms with van der Waals surface area (Å²) in [6.07, 6.45) is 11.0. The SMILES string of the molecule is C=CCNC(=O)c1cn(C2CCCC2)cc(C(=O)N2CCCC(c3ccccc3)C2)c1=O. The molecule has 1 aromatic carbocycles. The summed E-state index contributed by atoms with van der Waals surface area (Å²) in [6.45, 7) is 5.08. The van der Waals surface area contributed by atoms with E-state index in [-0.39, 0.29) is 35.5 Å². The van der Waals surface area contributed by atoms with Crippen molar-refractivity contribution in [3.8, 4) is 0 Å². The number of likely N-dealkylation sites (tertiary alicyclic amines) is 1. The third kappa shape index (κ3) is 4.69. The Morgan fingerprint density at radius 2 is 1.75 bits per heavy atom. The number of hydrogen-bond donors (Lipinski definition) is 1. The highest BCUT2D eigenvalue weighted by Crippen LogP contribution is 2.30. The Labute approximate surface area is 188 Å². The van der Waals surface area contributed by atoms with Crippen molar-refractivity contribution < 1.29 is 9.59 Å². The van der Waals surface area contributed by atoms with E-state index in [0.717, 1.165) is 38.5 Å². The number of benzene rings is 1. The largest absolute Gasteiger partial charge is 0.349 e. The van der Waals surface area contributed by atoms with Gasteiger partial charge in [0.25, 0.3) is 11.8 Å². The maximum absolute atomic E-state index is 13.5. The summed E-state index contributed by atoms with van der Waals surface area (Å²) < 4.78 is 1.92. The van der Waals surface area contributed by atoms with Crippen molar-refractivity contribution in [2.24, 2.45) is 0 Å². The first-order valence-corrected chi connectivity index (χ1v) is 11.6. The van der Waals surface area contributed by atoms with Crippen LogP contribution < -0.4 is 10.7 Å². The third-order valence-electron chi connectivity index (χ3n) is 6.65. The summed E-state index contributed by atoms with van der Waals surface area (Å²) in [5.41, 5.74) is 0.844. The van der Waals surface area contributed by atoms with Gasteiger partial charge in [0.15, 0.2) is 0 Å². The fraction of sp³-hybridized carbons (Fsp3) is 0.423. The Morgan fingerprint density at radius 1 is 1.03 bits per heavy atom. The van der Waals surface area contributed by atoms with Crippen LogP contribution in [0, 0.1) is 0 Å². The van der Waals surface area contributed by atoms with E-state index in [1.165, 1.54) is 5.56 Å². The summed E-state index contributed by atoms with van der Waals surface area (Å²) in [6, 6.07) is 10.4. The summed E-state index contributed by atoms with van der Waals surface area (Å²) >= 11 is 0. The van der Waals surface area contributed by atoms with Crippen LogP contribution in [0.4, 0.5) is 0 Å². The van der Waals surface area contributed by atoms with E-state index in [1.54, 1.807) is 23.4 Å². The number of piperidine rings is 1. The van der Waals surface area contributed by atoms with Gasteiger partial charge in [0.1, 0.15) is 11.1 Å². The van der Waals surface area contributed by atoms with E-state index in [4.69, 9.17) is 0 Å². The zero-order chi connectivity index (χ0) is 22.5. The van der Waals surface area contributed by atoms with Crippen molar-refractivity contribution in [3.05, 3.63) is 82.3 Å². The van der Waals surface area contributed by atoms with E-state index >= 15 is 0 Å². The Hall–Kier alpha value is -3.15. The second-order valence-electron chi connectivity index (χ2n) is 8.80. The van der Waals surface area contributed by atoms with Gasteiger partial charge < -0.3 is 14.8 Å². The van der Waals surface area contributed by atoms with Gasteiger partial charge in [-0.15, -0.1) is 6.58 Å². The first kappa shape index (κ1) is 22.1. The molecular weight excluding hydrogens is 402 g/mol. The first-order chi connectivity index (χ1) is 15.6. The smallest absolute Gasteiger partial charge is 0.259 e. The molecule has 1 aliphatic heterocycles. The van der Waals surface area contributed by atoms with Crippen molar-refractivity contribution in [3.63, 3.8) is 0 Å². The average molecular weight is 434 g/mol. The molecule has 1 N–H and O–H groups in total. The minimum absolute atomic E-state index is 0.0289. The third-order valence-corrected chi connectivity index (χ3v) is 6.65. The number of rotatable bonds is 6. The molecule has 6 heteroatoms. The molecule has 2 aliphatic rings. The van der Waals surface area contributed by atoms with E-state index < -0.39 is 11.3 Å². The second kappa shape index (κ2) is 9.98. The van der Waals surface area contributed by atoms with E-state index in [0.29, 0.717) is 13.1 Å². The van der Waals surface area contributed by atoms with Crippen molar-refractivity contribution in [2.75, 3.05) is 19.6 Å². The predicted molar refractivity (Wildman–Crippen MR) is 125 cm³/mol. The summed E-state index contributed by atoms with van der Waals surface area (Å²) in [5, 5.41) is 2.69. The van der Waals surface area contributed by atoms with E-state index in [2.05, 4.69) is 24.0 Å². The van der Waals surface area contributed by atoms with Gasteiger partial charge in [0.2, 0.25) is 5.43 Å². The predicted octanol–water partition coefficient (Wildman–Crippen LogP) is 3.90. The molecule has 1 saturated carbocycles. The minimum atomic E-state index is -0.493. The zero-order valence-corrected chi connectivity index (χ0v) is 18.5. The number of nitrogens with one attached hydrogen (secondary N) is 1. The lowest BCUT2D eigenvalue weighted by Gasteiger charge is -2.33. The van der Waals surface area contributed by atoms with Gasteiger partial charge in [-0.3, -0.25) is 14.4 Å². The van der Waals surface area contributed by atoms with Gasteiger partial charge in [-0.05, 0) is 31.2 Å². The Morgan fingerprint density at radius 3 is 2.47 bits per heavy atom. The molecule has 1 unspecified atom stereocenters.